The van der Waals surface area contributed by atoms with E-state index in [4.69, 9.17) is 10.7 Å². The molecule has 0 N–H and O–H groups in total. The van der Waals surface area contributed by atoms with E-state index in [0.717, 1.165) is 32.2 Å². The molecule has 0 aromatic heterocycles. The maximum Gasteiger partial charge on any atom is 0.261 e. The highest BCUT2D eigenvalue weighted by molar-refractivity contribution is 8.13. The first-order chi connectivity index (χ1) is 9.79. The Balaban J connectivity index is 2.36. The van der Waals surface area contributed by atoms with Crippen LogP contribution >= 0.6 is 10.7 Å². The molecule has 1 aromatic carbocycles. The van der Waals surface area contributed by atoms with Gasteiger partial charge in [0.2, 0.25) is 0 Å². The standard InChI is InChI=1S/C15H20ClNO3S/c1-11-8-13(10-14(9-11)21(16,19)20)15(18)17-7-5-3-4-6-12(17)2/h8-10,12H,3-7H2,1-2H3. The maximum absolute atomic E-state index is 12.7. The van der Waals surface area contributed by atoms with E-state index in [9.17, 15) is 13.2 Å². The third kappa shape index (κ3) is 3.98. The Morgan fingerprint density at radius 1 is 1.24 bits per heavy atom. The Hall–Kier alpha value is -1.07. The predicted molar refractivity (Wildman–Crippen MR) is 83.2 cm³/mol. The van der Waals surface area contributed by atoms with Crippen molar-refractivity contribution in [1.82, 2.24) is 4.90 Å². The second-order valence-corrected chi connectivity index (χ2v) is 8.24. The summed E-state index contributed by atoms with van der Waals surface area (Å²) in [6.45, 7) is 4.52. The molecule has 0 radical (unpaired) electrons. The molecule has 21 heavy (non-hydrogen) atoms. The van der Waals surface area contributed by atoms with E-state index in [-0.39, 0.29) is 16.8 Å². The fourth-order valence-electron chi connectivity index (χ4n) is 2.75. The minimum absolute atomic E-state index is 0.0185. The molecular formula is C15H20ClNO3S. The molecule has 1 unspecified atom stereocenters. The number of nitrogens with zero attached hydrogens (tertiary/aromatic N) is 1. The third-order valence-corrected chi connectivity index (χ3v) is 5.23. The van der Waals surface area contributed by atoms with Crippen LogP contribution in [0.1, 0.15) is 48.5 Å². The Labute approximate surface area is 130 Å². The Morgan fingerprint density at radius 3 is 2.62 bits per heavy atom. The van der Waals surface area contributed by atoms with Crippen molar-refractivity contribution < 1.29 is 13.2 Å². The zero-order valence-electron chi connectivity index (χ0n) is 12.3. The normalized spacial score (nSPS) is 20.1. The van der Waals surface area contributed by atoms with Gasteiger partial charge >= 0.3 is 0 Å². The van der Waals surface area contributed by atoms with Gasteiger partial charge in [0.15, 0.2) is 0 Å². The summed E-state index contributed by atoms with van der Waals surface area (Å²) in [6.07, 6.45) is 4.23. The smallest absolute Gasteiger partial charge is 0.261 e. The van der Waals surface area contributed by atoms with E-state index in [2.05, 4.69) is 0 Å². The van der Waals surface area contributed by atoms with Crippen LogP contribution in [-0.2, 0) is 9.05 Å². The molecule has 2 rings (SSSR count). The summed E-state index contributed by atoms with van der Waals surface area (Å²) in [5.74, 6) is -0.116. The van der Waals surface area contributed by atoms with E-state index in [1.54, 1.807) is 13.0 Å². The molecule has 6 heteroatoms. The lowest BCUT2D eigenvalue weighted by Gasteiger charge is -2.27. The number of hydrogen-bond donors (Lipinski definition) is 0. The molecule has 1 fully saturated rings. The molecular weight excluding hydrogens is 310 g/mol. The number of amides is 1. The molecule has 0 aliphatic carbocycles. The third-order valence-electron chi connectivity index (χ3n) is 3.89. The first kappa shape index (κ1) is 16.3. The van der Waals surface area contributed by atoms with E-state index in [1.807, 2.05) is 11.8 Å². The van der Waals surface area contributed by atoms with Crippen molar-refractivity contribution in [1.29, 1.82) is 0 Å². The molecule has 0 saturated carbocycles. The van der Waals surface area contributed by atoms with Crippen molar-refractivity contribution in [2.45, 2.75) is 50.5 Å². The summed E-state index contributed by atoms with van der Waals surface area (Å²) in [5.41, 5.74) is 1.10. The zero-order valence-corrected chi connectivity index (χ0v) is 13.9. The first-order valence-electron chi connectivity index (χ1n) is 7.16. The average Bonchev–Trinajstić information content (AvgIpc) is 2.61. The van der Waals surface area contributed by atoms with Crippen LogP contribution in [-0.4, -0.2) is 31.8 Å². The number of carbonyl (C=O) groups excluding carboxylic acids is 1. The molecule has 1 atom stereocenters. The second kappa shape index (κ2) is 6.36. The minimum Gasteiger partial charge on any atom is -0.336 e. The number of aryl methyl sites for hydroxylation is 1. The predicted octanol–water partition coefficient (Wildman–Crippen LogP) is 3.33. The van der Waals surface area contributed by atoms with Gasteiger partial charge in [-0.25, -0.2) is 8.42 Å². The number of halogens is 1. The summed E-state index contributed by atoms with van der Waals surface area (Å²) < 4.78 is 23.0. The Bertz CT molecular complexity index is 642. The molecule has 0 spiro atoms. The zero-order chi connectivity index (χ0) is 15.6. The van der Waals surface area contributed by atoms with Gasteiger partial charge in [0.25, 0.3) is 15.0 Å². The highest BCUT2D eigenvalue weighted by Crippen LogP contribution is 2.23. The second-order valence-electron chi connectivity index (χ2n) is 5.67. The lowest BCUT2D eigenvalue weighted by atomic mass is 10.1. The van der Waals surface area contributed by atoms with Crippen molar-refractivity contribution >= 4 is 25.6 Å². The van der Waals surface area contributed by atoms with Gasteiger partial charge in [0, 0.05) is 28.8 Å². The number of benzene rings is 1. The van der Waals surface area contributed by atoms with Gasteiger partial charge in [-0.2, -0.15) is 0 Å². The summed E-state index contributed by atoms with van der Waals surface area (Å²) in [4.78, 5) is 14.5. The average molecular weight is 330 g/mol. The first-order valence-corrected chi connectivity index (χ1v) is 9.47. The molecule has 1 aliphatic rings. The SMILES string of the molecule is Cc1cc(C(=O)N2CCCCCC2C)cc(S(=O)(=O)Cl)c1. The van der Waals surface area contributed by atoms with Gasteiger partial charge in [-0.05, 0) is 50.5 Å². The van der Waals surface area contributed by atoms with Crippen LogP contribution in [0.25, 0.3) is 0 Å². The van der Waals surface area contributed by atoms with Crippen molar-refractivity contribution in [2.24, 2.45) is 0 Å². The van der Waals surface area contributed by atoms with E-state index < -0.39 is 9.05 Å². The lowest BCUT2D eigenvalue weighted by molar-refractivity contribution is 0.0697. The maximum atomic E-state index is 12.7. The molecule has 1 heterocycles. The van der Waals surface area contributed by atoms with Gasteiger partial charge in [0.05, 0.1) is 4.90 Å². The highest BCUT2D eigenvalue weighted by Gasteiger charge is 2.24. The topological polar surface area (TPSA) is 54.5 Å². The molecule has 4 nitrogen and oxygen atoms in total. The summed E-state index contributed by atoms with van der Waals surface area (Å²) in [5, 5.41) is 0. The molecule has 116 valence electrons. The van der Waals surface area contributed by atoms with Crippen LogP contribution in [0, 0.1) is 6.92 Å². The van der Waals surface area contributed by atoms with Gasteiger partial charge in [-0.3, -0.25) is 4.79 Å². The van der Waals surface area contributed by atoms with E-state index in [1.165, 1.54) is 12.1 Å². The Kier molecular flexibility index (Phi) is 4.94. The number of carbonyl (C=O) groups is 1. The van der Waals surface area contributed by atoms with Crippen LogP contribution in [0.2, 0.25) is 0 Å². The molecule has 1 aromatic rings. The van der Waals surface area contributed by atoms with Crippen LogP contribution < -0.4 is 0 Å². The van der Waals surface area contributed by atoms with Crippen LogP contribution in [0.5, 0.6) is 0 Å². The fourth-order valence-corrected chi connectivity index (χ4v) is 3.62. The monoisotopic (exact) mass is 329 g/mol. The van der Waals surface area contributed by atoms with Gasteiger partial charge < -0.3 is 4.90 Å². The fraction of sp³-hybridized carbons (Fsp3) is 0.533. The molecule has 1 aliphatic heterocycles. The quantitative estimate of drug-likeness (QED) is 0.782. The van der Waals surface area contributed by atoms with Crippen LogP contribution in [0.15, 0.2) is 23.1 Å². The number of hydrogen-bond acceptors (Lipinski definition) is 3. The Morgan fingerprint density at radius 2 is 1.95 bits per heavy atom. The van der Waals surface area contributed by atoms with Gasteiger partial charge in [0.1, 0.15) is 0 Å². The summed E-state index contributed by atoms with van der Waals surface area (Å²) in [6, 6.07) is 4.74. The van der Waals surface area contributed by atoms with Crippen LogP contribution in [0.3, 0.4) is 0 Å². The van der Waals surface area contributed by atoms with Crippen molar-refractivity contribution in [3.05, 3.63) is 29.3 Å². The van der Waals surface area contributed by atoms with Crippen molar-refractivity contribution in [3.8, 4) is 0 Å². The van der Waals surface area contributed by atoms with Crippen LogP contribution in [0.4, 0.5) is 0 Å². The molecule has 0 bridgehead atoms. The van der Waals surface area contributed by atoms with Gasteiger partial charge in [-0.15, -0.1) is 0 Å². The number of likely N-dealkylation sites (tertiary alicyclic amines) is 1. The highest BCUT2D eigenvalue weighted by atomic mass is 35.7. The molecule has 1 amide bonds. The summed E-state index contributed by atoms with van der Waals surface area (Å²) >= 11 is 0. The number of rotatable bonds is 2. The minimum atomic E-state index is -3.83. The molecule has 1 saturated heterocycles. The van der Waals surface area contributed by atoms with Gasteiger partial charge in [-0.1, -0.05) is 12.8 Å². The summed E-state index contributed by atoms with van der Waals surface area (Å²) in [7, 11) is 1.56. The van der Waals surface area contributed by atoms with Crippen molar-refractivity contribution in [3.63, 3.8) is 0 Å². The van der Waals surface area contributed by atoms with E-state index >= 15 is 0 Å². The largest absolute Gasteiger partial charge is 0.336 e. The van der Waals surface area contributed by atoms with Crippen molar-refractivity contribution in [2.75, 3.05) is 6.54 Å². The lowest BCUT2D eigenvalue weighted by Crippen LogP contribution is -2.38. The van der Waals surface area contributed by atoms with E-state index in [0.29, 0.717) is 11.1 Å².